The summed E-state index contributed by atoms with van der Waals surface area (Å²) in [5.74, 6) is -0.926. The molecule has 36 heavy (non-hydrogen) atoms. The lowest BCUT2D eigenvalue weighted by atomic mass is 10.0. The van der Waals surface area contributed by atoms with Gasteiger partial charge >= 0.3 is 0 Å². The second kappa shape index (κ2) is 11.1. The van der Waals surface area contributed by atoms with Crippen LogP contribution in [0.1, 0.15) is 20.7 Å². The zero-order chi connectivity index (χ0) is 25.7. The van der Waals surface area contributed by atoms with Gasteiger partial charge in [-0.3, -0.25) is 24.5 Å². The molecule has 1 heterocycles. The van der Waals surface area contributed by atoms with Crippen LogP contribution in [0.5, 0.6) is 0 Å². The standard InChI is InChI=1S/C26H23BrN4O5/c27-23-11-10-21(31(35)36)16-22(23)26(34)30-14-12-29(13-15-30)24(32)17-28-25(33)20-8-6-19(7-9-20)18-4-2-1-3-5-18/h1-11,16H,12-15,17H2,(H,28,33). The number of amides is 3. The van der Waals surface area contributed by atoms with Gasteiger partial charge in [0, 0.05) is 48.3 Å². The summed E-state index contributed by atoms with van der Waals surface area (Å²) < 4.78 is 0.469. The Morgan fingerprint density at radius 1 is 0.861 bits per heavy atom. The number of rotatable bonds is 6. The van der Waals surface area contributed by atoms with Crippen molar-refractivity contribution in [2.45, 2.75) is 0 Å². The molecule has 1 N–H and O–H groups in total. The first-order chi connectivity index (χ1) is 17.3. The molecule has 1 aliphatic heterocycles. The largest absolute Gasteiger partial charge is 0.343 e. The molecule has 184 valence electrons. The van der Waals surface area contributed by atoms with Gasteiger partial charge in [0.1, 0.15) is 0 Å². The highest BCUT2D eigenvalue weighted by atomic mass is 79.9. The van der Waals surface area contributed by atoms with E-state index in [0.717, 1.165) is 11.1 Å². The number of carbonyl (C=O) groups is 3. The first-order valence-electron chi connectivity index (χ1n) is 11.3. The van der Waals surface area contributed by atoms with Crippen LogP contribution in [0.15, 0.2) is 77.3 Å². The predicted octanol–water partition coefficient (Wildman–Crippen LogP) is 3.74. The van der Waals surface area contributed by atoms with Crippen LogP contribution < -0.4 is 5.32 Å². The predicted molar refractivity (Wildman–Crippen MR) is 137 cm³/mol. The van der Waals surface area contributed by atoms with Crippen LogP contribution in [-0.4, -0.2) is 65.2 Å². The molecule has 3 amide bonds. The summed E-state index contributed by atoms with van der Waals surface area (Å²) in [6.07, 6.45) is 0. The van der Waals surface area contributed by atoms with E-state index >= 15 is 0 Å². The highest BCUT2D eigenvalue weighted by molar-refractivity contribution is 9.10. The van der Waals surface area contributed by atoms with E-state index in [1.807, 2.05) is 42.5 Å². The maximum Gasteiger partial charge on any atom is 0.270 e. The van der Waals surface area contributed by atoms with Gasteiger partial charge < -0.3 is 15.1 Å². The minimum Gasteiger partial charge on any atom is -0.343 e. The topological polar surface area (TPSA) is 113 Å². The quantitative estimate of drug-likeness (QED) is 0.371. The summed E-state index contributed by atoms with van der Waals surface area (Å²) in [4.78, 5) is 51.6. The molecule has 1 saturated heterocycles. The van der Waals surface area contributed by atoms with E-state index in [0.29, 0.717) is 23.1 Å². The van der Waals surface area contributed by atoms with E-state index in [2.05, 4.69) is 21.2 Å². The highest BCUT2D eigenvalue weighted by Crippen LogP contribution is 2.24. The van der Waals surface area contributed by atoms with Gasteiger partial charge in [-0.1, -0.05) is 42.5 Å². The van der Waals surface area contributed by atoms with Gasteiger partial charge in [0.2, 0.25) is 5.91 Å². The average Bonchev–Trinajstić information content (AvgIpc) is 2.92. The summed E-state index contributed by atoms with van der Waals surface area (Å²) in [5, 5.41) is 13.7. The molecule has 1 aliphatic rings. The lowest BCUT2D eigenvalue weighted by molar-refractivity contribution is -0.384. The smallest absolute Gasteiger partial charge is 0.270 e. The lowest BCUT2D eigenvalue weighted by Crippen LogP contribution is -2.52. The Bertz CT molecular complexity index is 1290. The molecule has 0 bridgehead atoms. The Kier molecular flexibility index (Phi) is 7.74. The number of hydrogen-bond donors (Lipinski definition) is 1. The summed E-state index contributed by atoms with van der Waals surface area (Å²) in [6, 6.07) is 21.0. The van der Waals surface area contributed by atoms with E-state index in [1.165, 1.54) is 18.2 Å². The van der Waals surface area contributed by atoms with Crippen molar-refractivity contribution in [3.8, 4) is 11.1 Å². The number of carbonyl (C=O) groups excluding carboxylic acids is 3. The van der Waals surface area contributed by atoms with E-state index in [4.69, 9.17) is 0 Å². The van der Waals surface area contributed by atoms with Crippen LogP contribution in [0.2, 0.25) is 0 Å². The van der Waals surface area contributed by atoms with Crippen LogP contribution in [0, 0.1) is 10.1 Å². The monoisotopic (exact) mass is 550 g/mol. The Labute approximate surface area is 216 Å². The van der Waals surface area contributed by atoms with Crippen molar-refractivity contribution in [1.29, 1.82) is 0 Å². The second-order valence-corrected chi connectivity index (χ2v) is 9.07. The Morgan fingerprint density at radius 2 is 1.47 bits per heavy atom. The third kappa shape index (κ3) is 5.77. The Hall–Kier alpha value is -4.05. The first kappa shape index (κ1) is 25.1. The molecule has 0 saturated carbocycles. The fourth-order valence-electron chi connectivity index (χ4n) is 3.93. The third-order valence-electron chi connectivity index (χ3n) is 5.97. The molecule has 4 rings (SSSR count). The van der Waals surface area contributed by atoms with Crippen LogP contribution in [0.4, 0.5) is 5.69 Å². The number of halogens is 1. The van der Waals surface area contributed by atoms with Crippen LogP contribution in [0.25, 0.3) is 11.1 Å². The van der Waals surface area contributed by atoms with Gasteiger partial charge in [0.25, 0.3) is 17.5 Å². The van der Waals surface area contributed by atoms with Gasteiger partial charge in [-0.2, -0.15) is 0 Å². The van der Waals surface area contributed by atoms with Crippen molar-refractivity contribution < 1.29 is 19.3 Å². The molecule has 10 heteroatoms. The van der Waals surface area contributed by atoms with E-state index in [1.54, 1.807) is 21.9 Å². The number of nitro groups is 1. The molecular formula is C26H23BrN4O5. The number of benzene rings is 3. The average molecular weight is 551 g/mol. The summed E-state index contributed by atoms with van der Waals surface area (Å²) in [5.41, 5.74) is 2.54. The van der Waals surface area contributed by atoms with Crippen LogP contribution in [0.3, 0.4) is 0 Å². The van der Waals surface area contributed by atoms with Gasteiger partial charge in [0.05, 0.1) is 17.0 Å². The Morgan fingerprint density at radius 3 is 2.11 bits per heavy atom. The molecule has 3 aromatic rings. The SMILES string of the molecule is O=C(NCC(=O)N1CCN(C(=O)c2cc([N+](=O)[O-])ccc2Br)CC1)c1ccc(-c2ccccc2)cc1. The number of nitrogens with zero attached hydrogens (tertiary/aromatic N) is 3. The maximum absolute atomic E-state index is 12.9. The molecule has 3 aromatic carbocycles. The number of non-ortho nitro benzene ring substituents is 1. The van der Waals surface area contributed by atoms with E-state index < -0.39 is 4.92 Å². The van der Waals surface area contributed by atoms with Gasteiger partial charge in [-0.15, -0.1) is 0 Å². The van der Waals surface area contributed by atoms with Crippen molar-refractivity contribution in [2.24, 2.45) is 0 Å². The molecule has 0 spiro atoms. The minimum absolute atomic E-state index is 0.149. The number of nitrogens with one attached hydrogen (secondary N) is 1. The highest BCUT2D eigenvalue weighted by Gasteiger charge is 2.27. The van der Waals surface area contributed by atoms with Gasteiger partial charge in [0.15, 0.2) is 0 Å². The molecule has 0 unspecified atom stereocenters. The zero-order valence-electron chi connectivity index (χ0n) is 19.2. The first-order valence-corrected chi connectivity index (χ1v) is 12.1. The summed E-state index contributed by atoms with van der Waals surface area (Å²) in [6.45, 7) is 1.03. The zero-order valence-corrected chi connectivity index (χ0v) is 20.8. The van der Waals surface area contributed by atoms with Gasteiger partial charge in [-0.05, 0) is 45.3 Å². The van der Waals surface area contributed by atoms with Crippen molar-refractivity contribution in [3.05, 3.63) is 98.5 Å². The number of hydrogen-bond acceptors (Lipinski definition) is 5. The molecule has 0 aliphatic carbocycles. The Balaban J connectivity index is 1.28. The van der Waals surface area contributed by atoms with Crippen molar-refractivity contribution in [3.63, 3.8) is 0 Å². The van der Waals surface area contributed by atoms with Crippen molar-refractivity contribution in [2.75, 3.05) is 32.7 Å². The van der Waals surface area contributed by atoms with E-state index in [-0.39, 0.29) is 48.6 Å². The summed E-state index contributed by atoms with van der Waals surface area (Å²) in [7, 11) is 0. The molecule has 0 radical (unpaired) electrons. The number of nitro benzene ring substituents is 1. The van der Waals surface area contributed by atoms with Crippen molar-refractivity contribution >= 4 is 39.3 Å². The second-order valence-electron chi connectivity index (χ2n) is 8.22. The molecule has 0 atom stereocenters. The normalized spacial score (nSPS) is 13.2. The van der Waals surface area contributed by atoms with Crippen molar-refractivity contribution in [1.82, 2.24) is 15.1 Å². The summed E-state index contributed by atoms with van der Waals surface area (Å²) >= 11 is 3.28. The van der Waals surface area contributed by atoms with Gasteiger partial charge in [-0.25, -0.2) is 0 Å². The minimum atomic E-state index is -0.550. The number of piperazine rings is 1. The molecular weight excluding hydrogens is 528 g/mol. The molecule has 9 nitrogen and oxygen atoms in total. The maximum atomic E-state index is 12.9. The fraction of sp³-hybridized carbons (Fsp3) is 0.192. The molecule has 0 aromatic heterocycles. The molecule has 1 fully saturated rings. The third-order valence-corrected chi connectivity index (χ3v) is 6.66. The van der Waals surface area contributed by atoms with Crippen LogP contribution in [-0.2, 0) is 4.79 Å². The van der Waals surface area contributed by atoms with Crippen LogP contribution >= 0.6 is 15.9 Å². The lowest BCUT2D eigenvalue weighted by Gasteiger charge is -2.35. The van der Waals surface area contributed by atoms with E-state index in [9.17, 15) is 24.5 Å². The fourth-order valence-corrected chi connectivity index (χ4v) is 4.35.